The largest absolute Gasteiger partial charge is 0.598 e. The van der Waals surface area contributed by atoms with Crippen LogP contribution in [0, 0.1) is 0 Å². The third-order valence-corrected chi connectivity index (χ3v) is 4.75. The van der Waals surface area contributed by atoms with Crippen LogP contribution in [0.3, 0.4) is 0 Å². The van der Waals surface area contributed by atoms with Gasteiger partial charge in [0.05, 0.1) is 11.1 Å². The number of benzene rings is 1. The fraction of sp³-hybridized carbons (Fsp3) is 0.600. The fourth-order valence-electron chi connectivity index (χ4n) is 1.51. The average Bonchev–Trinajstić information content (AvgIpc) is 2.34. The van der Waals surface area contributed by atoms with Crippen LogP contribution in [0.4, 0.5) is 8.78 Å². The summed E-state index contributed by atoms with van der Waals surface area (Å²) in [6.07, 6.45) is 0. The van der Waals surface area contributed by atoms with Gasteiger partial charge in [-0.25, -0.2) is 8.78 Å². The van der Waals surface area contributed by atoms with Crippen LogP contribution in [0.1, 0.15) is 46.2 Å². The van der Waals surface area contributed by atoms with Crippen LogP contribution in [0.15, 0.2) is 18.2 Å². The van der Waals surface area contributed by atoms with Crippen molar-refractivity contribution in [3.8, 4) is 5.75 Å². The molecule has 1 rings (SSSR count). The van der Waals surface area contributed by atoms with Crippen LogP contribution in [-0.4, -0.2) is 21.8 Å². The number of alkyl halides is 2. The lowest BCUT2D eigenvalue weighted by molar-refractivity contribution is -0.0229. The Balaban J connectivity index is 2.76. The topological polar surface area (TPSA) is 44.3 Å². The molecule has 126 valence electrons. The molecule has 0 aliphatic carbocycles. The van der Waals surface area contributed by atoms with Crippen LogP contribution in [-0.2, 0) is 11.4 Å². The van der Waals surface area contributed by atoms with E-state index < -0.39 is 23.9 Å². The van der Waals surface area contributed by atoms with Gasteiger partial charge in [0.1, 0.15) is 10.5 Å². The van der Waals surface area contributed by atoms with E-state index >= 15 is 0 Å². The van der Waals surface area contributed by atoms with Crippen molar-refractivity contribution in [2.24, 2.45) is 0 Å². The average molecular weight is 354 g/mol. The van der Waals surface area contributed by atoms with Gasteiger partial charge in [-0.2, -0.15) is 0 Å². The minimum Gasteiger partial charge on any atom is -0.598 e. The van der Waals surface area contributed by atoms with Gasteiger partial charge in [-0.3, -0.25) is 0 Å². The second-order valence-corrected chi connectivity index (χ2v) is 8.67. The van der Waals surface area contributed by atoms with Crippen molar-refractivity contribution in [1.82, 2.24) is 4.72 Å². The lowest BCUT2D eigenvalue weighted by atomic mass is 10.1. The third-order valence-electron chi connectivity index (χ3n) is 2.78. The van der Waals surface area contributed by atoms with Crippen molar-refractivity contribution in [1.29, 1.82) is 0 Å². The van der Waals surface area contributed by atoms with E-state index in [1.807, 2.05) is 27.7 Å². The third kappa shape index (κ3) is 6.28. The number of ether oxygens (including phenoxy) is 1. The molecule has 22 heavy (non-hydrogen) atoms. The van der Waals surface area contributed by atoms with Gasteiger partial charge in [0.15, 0.2) is 6.61 Å². The second-order valence-electron chi connectivity index (χ2n) is 6.27. The summed E-state index contributed by atoms with van der Waals surface area (Å²) in [7, 11) is 0. The Labute approximate surface area is 138 Å². The summed E-state index contributed by atoms with van der Waals surface area (Å²) < 4.78 is 45.3. The Hall–Kier alpha value is -0.560. The predicted octanol–water partition coefficient (Wildman–Crippen LogP) is 4.49. The molecule has 1 aromatic carbocycles. The summed E-state index contributed by atoms with van der Waals surface area (Å²) in [6, 6.07) is 4.69. The molecule has 0 radical (unpaired) electrons. The molecule has 0 aliphatic rings. The first kappa shape index (κ1) is 19.5. The summed E-state index contributed by atoms with van der Waals surface area (Å²) in [6.45, 7) is 7.53. The maximum atomic E-state index is 12.8. The summed E-state index contributed by atoms with van der Waals surface area (Å²) in [5.41, 5.74) is 0.804. The number of hydrogen-bond acceptors (Lipinski definition) is 3. The minimum atomic E-state index is -2.92. The lowest BCUT2D eigenvalue weighted by Gasteiger charge is -2.26. The molecule has 0 saturated heterocycles. The van der Waals surface area contributed by atoms with E-state index in [-0.39, 0.29) is 21.6 Å². The summed E-state index contributed by atoms with van der Waals surface area (Å²) in [5.74, 6) is -2.71. The zero-order chi connectivity index (χ0) is 17.1. The van der Waals surface area contributed by atoms with Crippen LogP contribution in [0.2, 0.25) is 5.02 Å². The van der Waals surface area contributed by atoms with E-state index in [0.29, 0.717) is 0 Å². The van der Waals surface area contributed by atoms with Gasteiger partial charge in [0.25, 0.3) is 5.92 Å². The van der Waals surface area contributed by atoms with Crippen molar-refractivity contribution in [2.45, 2.75) is 51.3 Å². The molecule has 1 aromatic rings. The molecular weight excluding hydrogens is 332 g/mol. The van der Waals surface area contributed by atoms with E-state index in [1.165, 1.54) is 0 Å². The first-order chi connectivity index (χ1) is 9.90. The Morgan fingerprint density at radius 1 is 1.32 bits per heavy atom. The molecule has 0 heterocycles. The van der Waals surface area contributed by atoms with Gasteiger partial charge >= 0.3 is 0 Å². The highest BCUT2D eigenvalue weighted by Crippen LogP contribution is 2.30. The van der Waals surface area contributed by atoms with Crippen molar-refractivity contribution >= 4 is 23.0 Å². The minimum absolute atomic E-state index is 0.195. The molecule has 0 amide bonds. The first-order valence-corrected chi connectivity index (χ1v) is 8.41. The number of rotatable bonds is 6. The Bertz CT molecular complexity index is 503. The summed E-state index contributed by atoms with van der Waals surface area (Å²) in [5, 5.41) is 0.247. The Kier molecular flexibility index (Phi) is 6.50. The number of hydrogen-bond donors (Lipinski definition) is 1. The van der Waals surface area contributed by atoms with E-state index in [0.717, 1.165) is 12.5 Å². The van der Waals surface area contributed by atoms with E-state index in [9.17, 15) is 13.3 Å². The number of nitrogens with one attached hydrogen (secondary N) is 1. The molecule has 0 aromatic heterocycles. The van der Waals surface area contributed by atoms with Crippen molar-refractivity contribution < 1.29 is 18.1 Å². The van der Waals surface area contributed by atoms with Crippen molar-refractivity contribution in [3.05, 3.63) is 28.8 Å². The van der Waals surface area contributed by atoms with E-state index in [1.54, 1.807) is 18.2 Å². The molecule has 1 unspecified atom stereocenters. The highest BCUT2D eigenvalue weighted by molar-refractivity contribution is 7.90. The highest BCUT2D eigenvalue weighted by atomic mass is 35.5. The molecule has 1 N–H and O–H groups in total. The molecule has 3 nitrogen and oxygen atoms in total. The molecule has 0 aliphatic heterocycles. The molecule has 7 heteroatoms. The molecule has 2 atom stereocenters. The van der Waals surface area contributed by atoms with Crippen molar-refractivity contribution in [3.63, 3.8) is 0 Å². The highest BCUT2D eigenvalue weighted by Gasteiger charge is 2.28. The molecule has 0 fully saturated rings. The maximum Gasteiger partial charge on any atom is 0.278 e. The maximum absolute atomic E-state index is 12.8. The predicted molar refractivity (Wildman–Crippen MR) is 87.0 cm³/mol. The SMILES string of the molecule is CC(N[S@+]([O-])C(C)(C)C)c1ccc(OCC(C)(F)F)c(Cl)c1. The smallest absolute Gasteiger partial charge is 0.278 e. The Morgan fingerprint density at radius 2 is 1.91 bits per heavy atom. The van der Waals surface area contributed by atoms with Gasteiger partial charge in [-0.05, 0) is 45.4 Å². The monoisotopic (exact) mass is 353 g/mol. The summed E-state index contributed by atoms with van der Waals surface area (Å²) >= 11 is 4.84. The van der Waals surface area contributed by atoms with Crippen LogP contribution in [0.5, 0.6) is 5.75 Å². The van der Waals surface area contributed by atoms with Gasteiger partial charge in [0, 0.05) is 18.3 Å². The molecule has 0 bridgehead atoms. The first-order valence-electron chi connectivity index (χ1n) is 6.88. The van der Waals surface area contributed by atoms with Gasteiger partial charge in [-0.1, -0.05) is 17.7 Å². The zero-order valence-corrected chi connectivity index (χ0v) is 14.9. The normalized spacial score (nSPS) is 15.5. The molecule has 0 saturated carbocycles. The van der Waals surface area contributed by atoms with E-state index in [2.05, 4.69) is 4.72 Å². The molecule has 0 spiro atoms. The Morgan fingerprint density at radius 3 is 2.36 bits per heavy atom. The van der Waals surface area contributed by atoms with Crippen LogP contribution < -0.4 is 9.46 Å². The second kappa shape index (κ2) is 7.34. The lowest BCUT2D eigenvalue weighted by Crippen LogP contribution is -2.40. The van der Waals surface area contributed by atoms with Gasteiger partial charge in [-0.15, -0.1) is 4.72 Å². The molecular formula is C15H22ClF2NO2S. The zero-order valence-electron chi connectivity index (χ0n) is 13.4. The van der Waals surface area contributed by atoms with Crippen molar-refractivity contribution in [2.75, 3.05) is 6.61 Å². The van der Waals surface area contributed by atoms with E-state index in [4.69, 9.17) is 16.3 Å². The standard InChI is InChI=1S/C15H22ClF2NO2S/c1-10(19-22(20)14(2,3)4)11-6-7-13(12(16)8-11)21-9-15(5,17)18/h6-8,10,19H,9H2,1-5H3/t10?,22-/m1/s1. The summed E-state index contributed by atoms with van der Waals surface area (Å²) in [4.78, 5) is 0. The fourth-order valence-corrected chi connectivity index (χ4v) is 2.57. The van der Waals surface area contributed by atoms with Gasteiger partial charge < -0.3 is 9.29 Å². The van der Waals surface area contributed by atoms with Crippen LogP contribution in [0.25, 0.3) is 0 Å². The van der Waals surface area contributed by atoms with Gasteiger partial charge in [0.2, 0.25) is 0 Å². The van der Waals surface area contributed by atoms with Crippen LogP contribution >= 0.6 is 11.6 Å². The number of halogens is 3. The quantitative estimate of drug-likeness (QED) is 0.766.